The Kier molecular flexibility index (Phi) is 6.76. The zero-order chi connectivity index (χ0) is 18.4. The van der Waals surface area contributed by atoms with Gasteiger partial charge < -0.3 is 4.90 Å². The maximum Gasteiger partial charge on any atom is 0.240 e. The van der Waals surface area contributed by atoms with Gasteiger partial charge in [0.2, 0.25) is 10.0 Å². The van der Waals surface area contributed by atoms with Crippen LogP contribution in [0.15, 0.2) is 59.5 Å². The van der Waals surface area contributed by atoms with Crippen molar-refractivity contribution in [3.8, 4) is 0 Å². The number of nitrogens with one attached hydrogen (secondary N) is 1. The van der Waals surface area contributed by atoms with E-state index in [1.165, 1.54) is 5.56 Å². The van der Waals surface area contributed by atoms with Gasteiger partial charge in [0.25, 0.3) is 0 Å². The highest BCUT2D eigenvalue weighted by Crippen LogP contribution is 2.17. The smallest absolute Gasteiger partial charge is 0.240 e. The van der Waals surface area contributed by atoms with Crippen molar-refractivity contribution in [2.45, 2.75) is 37.1 Å². The van der Waals surface area contributed by atoms with Crippen molar-refractivity contribution < 1.29 is 8.42 Å². The highest BCUT2D eigenvalue weighted by Gasteiger charge is 2.19. The first-order valence-corrected chi connectivity index (χ1v) is 10.1. The van der Waals surface area contributed by atoms with Crippen LogP contribution in [-0.4, -0.2) is 40.0 Å². The van der Waals surface area contributed by atoms with E-state index in [4.69, 9.17) is 0 Å². The minimum absolute atomic E-state index is 0.0899. The second-order valence-electron chi connectivity index (χ2n) is 6.88. The zero-order valence-corrected chi connectivity index (χ0v) is 16.3. The minimum Gasteiger partial charge on any atom is -0.305 e. The van der Waals surface area contributed by atoms with Crippen molar-refractivity contribution in [3.05, 3.63) is 65.7 Å². The summed E-state index contributed by atoms with van der Waals surface area (Å²) in [7, 11) is 0.443. The number of sulfonamides is 1. The van der Waals surface area contributed by atoms with Gasteiger partial charge in [-0.1, -0.05) is 56.3 Å². The summed E-state index contributed by atoms with van der Waals surface area (Å²) in [6, 6.07) is 17.3. The van der Waals surface area contributed by atoms with E-state index >= 15 is 0 Å². The normalized spacial score (nSPS) is 13.4. The molecule has 0 radical (unpaired) electrons. The van der Waals surface area contributed by atoms with E-state index in [1.54, 1.807) is 12.1 Å². The number of rotatable bonds is 8. The molecule has 0 aliphatic carbocycles. The van der Waals surface area contributed by atoms with Gasteiger partial charge in [0, 0.05) is 12.6 Å². The molecule has 5 heteroatoms. The molecule has 2 aromatic rings. The molecule has 0 saturated carbocycles. The van der Waals surface area contributed by atoms with Gasteiger partial charge in [-0.05, 0) is 49.7 Å². The van der Waals surface area contributed by atoms with Crippen molar-refractivity contribution in [1.82, 2.24) is 9.62 Å². The standard InChI is InChI=1S/C20H28N2O2S/c1-16(2)18-10-12-20(13-11-18)25(23,24)21-15-19(22(3)4)14-17-8-6-5-7-9-17/h5-13,16,19,21H,14-15H2,1-4H3. The quantitative estimate of drug-likeness (QED) is 0.786. The van der Waals surface area contributed by atoms with Crippen molar-refractivity contribution in [2.24, 2.45) is 0 Å². The predicted molar refractivity (Wildman–Crippen MR) is 103 cm³/mol. The van der Waals surface area contributed by atoms with Crippen LogP contribution in [0.4, 0.5) is 0 Å². The summed E-state index contributed by atoms with van der Waals surface area (Å²) in [5, 5.41) is 0. The number of benzene rings is 2. The highest BCUT2D eigenvalue weighted by molar-refractivity contribution is 7.89. The minimum atomic E-state index is -3.50. The first-order valence-electron chi connectivity index (χ1n) is 8.59. The van der Waals surface area contributed by atoms with Gasteiger partial charge in [0.1, 0.15) is 0 Å². The third-order valence-electron chi connectivity index (χ3n) is 4.41. The Morgan fingerprint density at radius 3 is 2.08 bits per heavy atom. The zero-order valence-electron chi connectivity index (χ0n) is 15.4. The van der Waals surface area contributed by atoms with E-state index in [1.807, 2.05) is 44.4 Å². The molecule has 0 bridgehead atoms. The molecule has 0 spiro atoms. The van der Waals surface area contributed by atoms with E-state index in [2.05, 4.69) is 35.6 Å². The summed E-state index contributed by atoms with van der Waals surface area (Å²) in [6.45, 7) is 4.55. The largest absolute Gasteiger partial charge is 0.305 e. The molecule has 136 valence electrons. The summed E-state index contributed by atoms with van der Waals surface area (Å²) in [4.78, 5) is 2.37. The molecule has 0 aliphatic rings. The Hall–Kier alpha value is -1.69. The van der Waals surface area contributed by atoms with Gasteiger partial charge in [-0.15, -0.1) is 0 Å². The van der Waals surface area contributed by atoms with Gasteiger partial charge in [-0.25, -0.2) is 13.1 Å². The second kappa shape index (κ2) is 8.61. The van der Waals surface area contributed by atoms with Crippen LogP contribution in [-0.2, 0) is 16.4 Å². The van der Waals surface area contributed by atoms with Crippen molar-refractivity contribution in [3.63, 3.8) is 0 Å². The van der Waals surface area contributed by atoms with Gasteiger partial charge in [-0.3, -0.25) is 0 Å². The molecular weight excluding hydrogens is 332 g/mol. The SMILES string of the molecule is CC(C)c1ccc(S(=O)(=O)NCC(Cc2ccccc2)N(C)C)cc1. The molecule has 2 rings (SSSR count). The summed E-state index contributed by atoms with van der Waals surface area (Å²) in [5.74, 6) is 0.383. The predicted octanol–water partition coefficient (Wildman–Crippen LogP) is 3.26. The van der Waals surface area contributed by atoms with E-state index in [-0.39, 0.29) is 6.04 Å². The molecule has 0 saturated heterocycles. The number of likely N-dealkylation sites (N-methyl/N-ethyl adjacent to an activating group) is 1. The fourth-order valence-electron chi connectivity index (χ4n) is 2.64. The third kappa shape index (κ3) is 5.66. The van der Waals surface area contributed by atoms with Crippen LogP contribution < -0.4 is 4.72 Å². The Morgan fingerprint density at radius 2 is 1.56 bits per heavy atom. The molecule has 0 heterocycles. The van der Waals surface area contributed by atoms with E-state index in [0.29, 0.717) is 17.4 Å². The number of nitrogens with zero attached hydrogens (tertiary/aromatic N) is 1. The average molecular weight is 361 g/mol. The van der Waals surface area contributed by atoms with Crippen LogP contribution >= 0.6 is 0 Å². The summed E-state index contributed by atoms with van der Waals surface area (Å²) in [6.07, 6.45) is 0.794. The monoisotopic (exact) mass is 360 g/mol. The molecule has 1 atom stereocenters. The molecule has 1 N–H and O–H groups in total. The summed E-state index contributed by atoms with van der Waals surface area (Å²) < 4.78 is 27.9. The van der Waals surface area contributed by atoms with Gasteiger partial charge in [0.05, 0.1) is 4.90 Å². The Bertz CT molecular complexity index is 754. The van der Waals surface area contributed by atoms with E-state index in [9.17, 15) is 8.42 Å². The molecular formula is C20H28N2O2S. The third-order valence-corrected chi connectivity index (χ3v) is 5.85. The van der Waals surface area contributed by atoms with Crippen LogP contribution in [0, 0.1) is 0 Å². The topological polar surface area (TPSA) is 49.4 Å². The molecule has 25 heavy (non-hydrogen) atoms. The van der Waals surface area contributed by atoms with Crippen LogP contribution in [0.1, 0.15) is 30.9 Å². The van der Waals surface area contributed by atoms with Gasteiger partial charge in [0.15, 0.2) is 0 Å². The van der Waals surface area contributed by atoms with Crippen LogP contribution in [0.25, 0.3) is 0 Å². The maximum atomic E-state index is 12.6. The number of hydrogen-bond acceptors (Lipinski definition) is 3. The highest BCUT2D eigenvalue weighted by atomic mass is 32.2. The lowest BCUT2D eigenvalue weighted by molar-refractivity contribution is 0.291. The van der Waals surface area contributed by atoms with Crippen LogP contribution in [0.2, 0.25) is 0 Å². The summed E-state index contributed by atoms with van der Waals surface area (Å²) in [5.41, 5.74) is 2.33. The maximum absolute atomic E-state index is 12.6. The van der Waals surface area contributed by atoms with Gasteiger partial charge >= 0.3 is 0 Å². The fraction of sp³-hybridized carbons (Fsp3) is 0.400. The van der Waals surface area contributed by atoms with Crippen molar-refractivity contribution in [1.29, 1.82) is 0 Å². The second-order valence-corrected chi connectivity index (χ2v) is 8.65. The van der Waals surface area contributed by atoms with Gasteiger partial charge in [-0.2, -0.15) is 0 Å². The first kappa shape index (κ1) is 19.6. The van der Waals surface area contributed by atoms with Crippen molar-refractivity contribution >= 4 is 10.0 Å². The molecule has 0 fully saturated rings. The summed E-state index contributed by atoms with van der Waals surface area (Å²) >= 11 is 0. The molecule has 1 unspecified atom stereocenters. The Morgan fingerprint density at radius 1 is 0.960 bits per heavy atom. The molecule has 4 nitrogen and oxygen atoms in total. The lowest BCUT2D eigenvalue weighted by atomic mass is 10.0. The fourth-order valence-corrected chi connectivity index (χ4v) is 3.72. The Labute approximate surface area is 151 Å². The van der Waals surface area contributed by atoms with Crippen LogP contribution in [0.3, 0.4) is 0 Å². The lowest BCUT2D eigenvalue weighted by Crippen LogP contribution is -2.41. The van der Waals surface area contributed by atoms with E-state index < -0.39 is 10.0 Å². The molecule has 2 aromatic carbocycles. The van der Waals surface area contributed by atoms with Crippen molar-refractivity contribution in [2.75, 3.05) is 20.6 Å². The molecule has 0 aliphatic heterocycles. The van der Waals surface area contributed by atoms with E-state index in [0.717, 1.165) is 12.0 Å². The first-order chi connectivity index (χ1) is 11.8. The molecule has 0 aromatic heterocycles. The average Bonchev–Trinajstić information content (AvgIpc) is 2.59. The molecule has 0 amide bonds. The van der Waals surface area contributed by atoms with Crippen LogP contribution in [0.5, 0.6) is 0 Å². The Balaban J connectivity index is 2.05. The number of hydrogen-bond donors (Lipinski definition) is 1. The lowest BCUT2D eigenvalue weighted by Gasteiger charge is -2.24.